The second kappa shape index (κ2) is 5.16. The predicted molar refractivity (Wildman–Crippen MR) is 78.3 cm³/mol. The fraction of sp³-hybridized carbons (Fsp3) is 0.357. The highest BCUT2D eigenvalue weighted by molar-refractivity contribution is 7.88. The lowest BCUT2D eigenvalue weighted by Gasteiger charge is -2.34. The summed E-state index contributed by atoms with van der Waals surface area (Å²) >= 11 is 0. The van der Waals surface area contributed by atoms with Gasteiger partial charge in [-0.25, -0.2) is 13.4 Å². The number of imidazole rings is 1. The van der Waals surface area contributed by atoms with Crippen LogP contribution in [0.5, 0.6) is 5.75 Å². The maximum atomic E-state index is 12.1. The van der Waals surface area contributed by atoms with Gasteiger partial charge >= 0.3 is 0 Å². The van der Waals surface area contributed by atoms with Crippen LogP contribution in [0.3, 0.4) is 0 Å². The number of ether oxygens (including phenoxy) is 1. The first kappa shape index (κ1) is 14.1. The van der Waals surface area contributed by atoms with Crippen molar-refractivity contribution in [2.24, 2.45) is 0 Å². The quantitative estimate of drug-likeness (QED) is 0.860. The Balaban J connectivity index is 2.01. The molecule has 0 amide bonds. The Kier molecular flexibility index (Phi) is 3.46. The lowest BCUT2D eigenvalue weighted by atomic mass is 10.1. The van der Waals surface area contributed by atoms with E-state index in [2.05, 4.69) is 4.98 Å². The fourth-order valence-electron chi connectivity index (χ4n) is 2.63. The summed E-state index contributed by atoms with van der Waals surface area (Å²) in [7, 11) is -1.70. The van der Waals surface area contributed by atoms with Crippen LogP contribution < -0.4 is 4.74 Å². The fourth-order valence-corrected chi connectivity index (χ4v) is 3.63. The molecule has 6 nitrogen and oxygen atoms in total. The van der Waals surface area contributed by atoms with Crippen molar-refractivity contribution in [2.45, 2.75) is 19.1 Å². The number of hydrogen-bond donors (Lipinski definition) is 0. The molecule has 3 rings (SSSR count). The number of benzene rings is 1. The van der Waals surface area contributed by atoms with Crippen LogP contribution in [0.2, 0.25) is 0 Å². The monoisotopic (exact) mass is 307 g/mol. The van der Waals surface area contributed by atoms with Gasteiger partial charge in [-0.05, 0) is 17.7 Å². The summed E-state index contributed by atoms with van der Waals surface area (Å²) in [5.41, 5.74) is 0.945. The van der Waals surface area contributed by atoms with E-state index in [-0.39, 0.29) is 6.04 Å². The topological polar surface area (TPSA) is 64.4 Å². The number of methoxy groups -OCH3 is 1. The average molecular weight is 307 g/mol. The van der Waals surface area contributed by atoms with Gasteiger partial charge in [0.2, 0.25) is 10.0 Å². The van der Waals surface area contributed by atoms with E-state index in [0.717, 1.165) is 17.1 Å². The van der Waals surface area contributed by atoms with Crippen LogP contribution in [-0.4, -0.2) is 35.6 Å². The van der Waals surface area contributed by atoms with E-state index < -0.39 is 10.0 Å². The van der Waals surface area contributed by atoms with Crippen molar-refractivity contribution in [1.82, 2.24) is 13.9 Å². The Labute approximate surface area is 124 Å². The molecule has 1 aliphatic rings. The van der Waals surface area contributed by atoms with E-state index in [0.29, 0.717) is 13.1 Å². The van der Waals surface area contributed by atoms with E-state index >= 15 is 0 Å². The SMILES string of the molecule is COc1ccc([C@@H]2Cn3ccnc3CN2S(C)(=O)=O)cc1. The summed E-state index contributed by atoms with van der Waals surface area (Å²) in [6.45, 7) is 0.858. The van der Waals surface area contributed by atoms with Crippen molar-refractivity contribution >= 4 is 10.0 Å². The van der Waals surface area contributed by atoms with Crippen molar-refractivity contribution in [3.8, 4) is 5.75 Å². The van der Waals surface area contributed by atoms with Crippen molar-refractivity contribution in [1.29, 1.82) is 0 Å². The third-order valence-corrected chi connectivity index (χ3v) is 4.98. The maximum Gasteiger partial charge on any atom is 0.212 e. The van der Waals surface area contributed by atoms with Crippen LogP contribution in [0.4, 0.5) is 0 Å². The summed E-state index contributed by atoms with van der Waals surface area (Å²) in [6, 6.07) is 7.28. The van der Waals surface area contributed by atoms with Gasteiger partial charge in [0.05, 0.1) is 26.0 Å². The molecule has 1 aliphatic heterocycles. The molecule has 0 aliphatic carbocycles. The van der Waals surface area contributed by atoms with Gasteiger partial charge in [-0.3, -0.25) is 0 Å². The highest BCUT2D eigenvalue weighted by Crippen LogP contribution is 2.31. The third-order valence-electron chi connectivity index (χ3n) is 3.74. The Morgan fingerprint density at radius 2 is 2.00 bits per heavy atom. The minimum Gasteiger partial charge on any atom is -0.497 e. The predicted octanol–water partition coefficient (Wildman–Crippen LogP) is 1.41. The molecule has 0 unspecified atom stereocenters. The van der Waals surface area contributed by atoms with Gasteiger partial charge < -0.3 is 9.30 Å². The third kappa shape index (κ3) is 2.66. The standard InChI is InChI=1S/C14H17N3O3S/c1-20-12-5-3-11(4-6-12)13-9-16-8-7-15-14(16)10-17(13)21(2,18)19/h3-8,13H,9-10H2,1-2H3/t13-/m0/s1. The number of sulfonamides is 1. The average Bonchev–Trinajstić information content (AvgIpc) is 2.92. The minimum absolute atomic E-state index is 0.229. The Morgan fingerprint density at radius 1 is 1.29 bits per heavy atom. The van der Waals surface area contributed by atoms with E-state index in [1.54, 1.807) is 13.3 Å². The van der Waals surface area contributed by atoms with Gasteiger partial charge in [0.25, 0.3) is 0 Å². The summed E-state index contributed by atoms with van der Waals surface area (Å²) in [5.74, 6) is 1.52. The van der Waals surface area contributed by atoms with Crippen molar-refractivity contribution in [3.63, 3.8) is 0 Å². The molecule has 0 saturated heterocycles. The van der Waals surface area contributed by atoms with Crippen molar-refractivity contribution < 1.29 is 13.2 Å². The first-order chi connectivity index (χ1) is 9.99. The van der Waals surface area contributed by atoms with E-state index in [1.165, 1.54) is 10.6 Å². The Bertz CT molecular complexity index is 737. The van der Waals surface area contributed by atoms with Crippen LogP contribution in [0.25, 0.3) is 0 Å². The van der Waals surface area contributed by atoms with Crippen molar-refractivity contribution in [2.75, 3.05) is 13.4 Å². The largest absolute Gasteiger partial charge is 0.497 e. The molecule has 1 aromatic carbocycles. The summed E-state index contributed by atoms with van der Waals surface area (Å²) in [6.07, 6.45) is 4.82. The van der Waals surface area contributed by atoms with Gasteiger partial charge in [-0.1, -0.05) is 12.1 Å². The molecular formula is C14H17N3O3S. The van der Waals surface area contributed by atoms with E-state index in [9.17, 15) is 8.42 Å². The molecule has 1 aromatic heterocycles. The smallest absolute Gasteiger partial charge is 0.212 e. The van der Waals surface area contributed by atoms with Crippen LogP contribution in [0.15, 0.2) is 36.7 Å². The van der Waals surface area contributed by atoms with Crippen LogP contribution in [0, 0.1) is 0 Å². The molecular weight excluding hydrogens is 290 g/mol. The second-order valence-electron chi connectivity index (χ2n) is 5.09. The van der Waals surface area contributed by atoms with Gasteiger partial charge in [-0.15, -0.1) is 0 Å². The van der Waals surface area contributed by atoms with Gasteiger partial charge in [0.1, 0.15) is 11.6 Å². The Morgan fingerprint density at radius 3 is 2.62 bits per heavy atom. The molecule has 0 spiro atoms. The number of rotatable bonds is 3. The molecule has 0 N–H and O–H groups in total. The van der Waals surface area contributed by atoms with Gasteiger partial charge in [0, 0.05) is 18.9 Å². The number of aromatic nitrogens is 2. The number of nitrogens with zero attached hydrogens (tertiary/aromatic N) is 3. The molecule has 0 saturated carbocycles. The molecule has 2 aromatic rings. The zero-order valence-electron chi connectivity index (χ0n) is 11.9. The van der Waals surface area contributed by atoms with Crippen molar-refractivity contribution in [3.05, 3.63) is 48.0 Å². The summed E-state index contributed by atoms with van der Waals surface area (Å²) in [4.78, 5) is 4.21. The first-order valence-electron chi connectivity index (χ1n) is 6.60. The molecule has 0 fully saturated rings. The zero-order chi connectivity index (χ0) is 15.0. The van der Waals surface area contributed by atoms with Crippen LogP contribution in [0.1, 0.15) is 17.4 Å². The highest BCUT2D eigenvalue weighted by atomic mass is 32.2. The molecule has 7 heteroatoms. The summed E-state index contributed by atoms with van der Waals surface area (Å²) < 4.78 is 32.8. The van der Waals surface area contributed by atoms with Crippen LogP contribution >= 0.6 is 0 Å². The number of hydrogen-bond acceptors (Lipinski definition) is 4. The first-order valence-corrected chi connectivity index (χ1v) is 8.44. The highest BCUT2D eigenvalue weighted by Gasteiger charge is 2.33. The molecule has 21 heavy (non-hydrogen) atoms. The molecule has 112 valence electrons. The lowest BCUT2D eigenvalue weighted by molar-refractivity contribution is 0.245. The molecule has 2 heterocycles. The molecule has 1 atom stereocenters. The maximum absolute atomic E-state index is 12.1. The normalized spacial score (nSPS) is 19.2. The molecule has 0 bridgehead atoms. The van der Waals surface area contributed by atoms with Crippen LogP contribution in [-0.2, 0) is 23.1 Å². The minimum atomic E-state index is -3.31. The number of fused-ring (bicyclic) bond motifs is 1. The van der Waals surface area contributed by atoms with E-state index in [4.69, 9.17) is 4.74 Å². The second-order valence-corrected chi connectivity index (χ2v) is 7.03. The van der Waals surface area contributed by atoms with Gasteiger partial charge in [-0.2, -0.15) is 4.31 Å². The summed E-state index contributed by atoms with van der Waals surface area (Å²) in [5, 5.41) is 0. The Hall–Kier alpha value is -1.86. The molecule has 0 radical (unpaired) electrons. The lowest BCUT2D eigenvalue weighted by Crippen LogP contribution is -2.40. The van der Waals surface area contributed by atoms with Gasteiger partial charge in [0.15, 0.2) is 0 Å². The zero-order valence-corrected chi connectivity index (χ0v) is 12.7. The van der Waals surface area contributed by atoms with E-state index in [1.807, 2.05) is 35.0 Å².